The van der Waals surface area contributed by atoms with E-state index in [-0.39, 0.29) is 31.2 Å². The third kappa shape index (κ3) is 8.05. The summed E-state index contributed by atoms with van der Waals surface area (Å²) in [5, 5.41) is 12.5. The summed E-state index contributed by atoms with van der Waals surface area (Å²) in [6.45, 7) is 5.16. The molecule has 0 aliphatic heterocycles. The van der Waals surface area contributed by atoms with E-state index in [0.717, 1.165) is 31.7 Å². The predicted octanol–water partition coefficient (Wildman–Crippen LogP) is 2.40. The second kappa shape index (κ2) is 13.6. The molecule has 4 rings (SSSR count). The van der Waals surface area contributed by atoms with Crippen LogP contribution in [0.25, 0.3) is 11.1 Å². The molecule has 13 heteroatoms. The number of H-pyrrole nitrogens is 1. The number of nitrogens with one attached hydrogen (secondary N) is 2. The van der Waals surface area contributed by atoms with E-state index in [2.05, 4.69) is 10.3 Å². The van der Waals surface area contributed by atoms with E-state index in [4.69, 9.17) is 9.47 Å². The van der Waals surface area contributed by atoms with E-state index in [1.54, 1.807) is 20.8 Å². The van der Waals surface area contributed by atoms with Gasteiger partial charge in [-0.2, -0.15) is 0 Å². The zero-order chi connectivity index (χ0) is 32.9. The van der Waals surface area contributed by atoms with Gasteiger partial charge in [0.15, 0.2) is 0 Å². The summed E-state index contributed by atoms with van der Waals surface area (Å²) in [6, 6.07) is 14.0. The minimum Gasteiger partial charge on any atom is -0.480 e. The maximum absolute atomic E-state index is 13.4. The van der Waals surface area contributed by atoms with Crippen LogP contribution in [0.5, 0.6) is 0 Å². The van der Waals surface area contributed by atoms with Gasteiger partial charge in [-0.15, -0.1) is 0 Å². The molecule has 0 saturated carbocycles. The summed E-state index contributed by atoms with van der Waals surface area (Å²) < 4.78 is 11.7. The highest BCUT2D eigenvalue weighted by molar-refractivity contribution is 5.87. The molecular weight excluding hydrogens is 584 g/mol. The summed E-state index contributed by atoms with van der Waals surface area (Å²) >= 11 is 0. The number of aryl methyl sites for hydroxylation is 1. The topological polar surface area (TPSA) is 177 Å². The number of alkyl carbamates (subject to hydrolysis) is 1. The van der Waals surface area contributed by atoms with Crippen LogP contribution in [0, 0.1) is 6.92 Å². The SMILES string of the molecule is Cc1cn(CC(=O)N(CCNC(=O)OCC2c3ccccc3-c3ccccc32)[C@@H](CC(=O)OC(C)(C)C)C(=O)O)c(=O)[nH]c1=O. The molecule has 13 nitrogen and oxygen atoms in total. The van der Waals surface area contributed by atoms with Crippen LogP contribution in [0.1, 0.15) is 49.8 Å². The van der Waals surface area contributed by atoms with Gasteiger partial charge in [-0.25, -0.2) is 14.4 Å². The van der Waals surface area contributed by atoms with Gasteiger partial charge in [-0.3, -0.25) is 23.9 Å². The minimum absolute atomic E-state index is 0.0490. The van der Waals surface area contributed by atoms with Gasteiger partial charge in [0.1, 0.15) is 24.8 Å². The Bertz CT molecular complexity index is 1670. The zero-order valence-corrected chi connectivity index (χ0v) is 25.5. The Morgan fingerprint density at radius 2 is 1.62 bits per heavy atom. The first-order valence-electron chi connectivity index (χ1n) is 14.4. The Kier molecular flexibility index (Phi) is 9.90. The van der Waals surface area contributed by atoms with Gasteiger partial charge in [0.25, 0.3) is 5.56 Å². The molecule has 0 radical (unpaired) electrons. The number of aromatic amines is 1. The largest absolute Gasteiger partial charge is 0.480 e. The van der Waals surface area contributed by atoms with E-state index in [0.29, 0.717) is 0 Å². The number of carbonyl (C=O) groups is 4. The Morgan fingerprint density at radius 1 is 1.02 bits per heavy atom. The fourth-order valence-corrected chi connectivity index (χ4v) is 5.23. The Morgan fingerprint density at radius 3 is 2.20 bits per heavy atom. The molecule has 0 fully saturated rings. The van der Waals surface area contributed by atoms with Crippen molar-refractivity contribution in [2.45, 2.75) is 58.2 Å². The molecule has 2 amide bonds. The van der Waals surface area contributed by atoms with E-state index >= 15 is 0 Å². The van der Waals surface area contributed by atoms with Crippen molar-refractivity contribution in [1.82, 2.24) is 19.8 Å². The fourth-order valence-electron chi connectivity index (χ4n) is 5.23. The molecule has 1 aromatic heterocycles. The quantitative estimate of drug-likeness (QED) is 0.272. The van der Waals surface area contributed by atoms with Gasteiger partial charge >= 0.3 is 23.7 Å². The summed E-state index contributed by atoms with van der Waals surface area (Å²) in [7, 11) is 0. The Labute approximate surface area is 258 Å². The number of aliphatic carboxylic acids is 1. The van der Waals surface area contributed by atoms with Gasteiger partial charge in [0.05, 0.1) is 6.42 Å². The molecule has 0 spiro atoms. The highest BCUT2D eigenvalue weighted by Crippen LogP contribution is 2.44. The number of carboxylic acid groups (broad SMARTS) is 1. The lowest BCUT2D eigenvalue weighted by Gasteiger charge is -2.30. The lowest BCUT2D eigenvalue weighted by Crippen LogP contribution is -2.51. The number of ether oxygens (including phenoxy) is 2. The van der Waals surface area contributed by atoms with Crippen molar-refractivity contribution in [2.75, 3.05) is 19.7 Å². The van der Waals surface area contributed by atoms with Crippen molar-refractivity contribution in [2.24, 2.45) is 0 Å². The first-order valence-corrected chi connectivity index (χ1v) is 14.4. The molecule has 1 aliphatic rings. The lowest BCUT2D eigenvalue weighted by molar-refractivity contribution is -0.162. The summed E-state index contributed by atoms with van der Waals surface area (Å²) in [5.74, 6) is -3.35. The van der Waals surface area contributed by atoms with Crippen LogP contribution in [0.4, 0.5) is 4.79 Å². The first kappa shape index (κ1) is 32.7. The van der Waals surface area contributed by atoms with Gasteiger partial charge in [-0.1, -0.05) is 48.5 Å². The molecule has 0 saturated heterocycles. The number of rotatable bonds is 11. The third-order valence-corrected chi connectivity index (χ3v) is 7.22. The van der Waals surface area contributed by atoms with Crippen LogP contribution in [0.15, 0.2) is 64.3 Å². The van der Waals surface area contributed by atoms with Gasteiger partial charge in [-0.05, 0) is 49.9 Å². The maximum Gasteiger partial charge on any atom is 0.407 e. The molecule has 1 heterocycles. The second-order valence-corrected chi connectivity index (χ2v) is 11.7. The fraction of sp³-hybridized carbons (Fsp3) is 0.375. The smallest absolute Gasteiger partial charge is 0.407 e. The van der Waals surface area contributed by atoms with Crippen molar-refractivity contribution >= 4 is 23.9 Å². The number of hydrogen-bond acceptors (Lipinski definition) is 8. The van der Waals surface area contributed by atoms with E-state index in [1.807, 2.05) is 48.5 Å². The highest BCUT2D eigenvalue weighted by Gasteiger charge is 2.34. The van der Waals surface area contributed by atoms with Gasteiger partial charge < -0.3 is 24.8 Å². The second-order valence-electron chi connectivity index (χ2n) is 11.7. The number of nitrogens with zero attached hydrogens (tertiary/aromatic N) is 2. The molecule has 2 aromatic carbocycles. The number of benzene rings is 2. The molecule has 0 unspecified atom stereocenters. The van der Waals surface area contributed by atoms with Crippen LogP contribution in [0.3, 0.4) is 0 Å². The van der Waals surface area contributed by atoms with Crippen LogP contribution < -0.4 is 16.6 Å². The monoisotopic (exact) mass is 620 g/mol. The van der Waals surface area contributed by atoms with E-state index in [9.17, 15) is 33.9 Å². The molecule has 1 atom stereocenters. The number of carbonyl (C=O) groups excluding carboxylic acids is 3. The Balaban J connectivity index is 1.45. The highest BCUT2D eigenvalue weighted by atomic mass is 16.6. The number of aromatic nitrogens is 2. The van der Waals surface area contributed by atoms with E-state index in [1.165, 1.54) is 13.1 Å². The van der Waals surface area contributed by atoms with Crippen LogP contribution in [0.2, 0.25) is 0 Å². The van der Waals surface area contributed by atoms with Crippen molar-refractivity contribution in [3.8, 4) is 11.1 Å². The predicted molar refractivity (Wildman–Crippen MR) is 163 cm³/mol. The first-order chi connectivity index (χ1) is 21.2. The molecule has 238 valence electrons. The average Bonchev–Trinajstić information content (AvgIpc) is 3.28. The minimum atomic E-state index is -1.67. The molecule has 3 N–H and O–H groups in total. The van der Waals surface area contributed by atoms with Gasteiger partial charge in [0.2, 0.25) is 5.91 Å². The third-order valence-electron chi connectivity index (χ3n) is 7.22. The van der Waals surface area contributed by atoms with Crippen molar-refractivity contribution < 1.29 is 33.8 Å². The standard InChI is InChI=1S/C32H36N4O9/c1-19-16-35(30(42)34-28(19)39)17-26(37)36(25(29(40)41)15-27(38)45-32(2,3)4)14-13-33-31(43)44-18-24-22-11-7-5-9-20(22)21-10-6-8-12-23(21)24/h5-12,16,24-25H,13-15,17-18H2,1-4H3,(H,33,43)(H,40,41)(H,34,39,42)/t25-/m0/s1. The maximum atomic E-state index is 13.4. The number of carboxylic acids is 1. The van der Waals surface area contributed by atoms with Crippen molar-refractivity contribution in [1.29, 1.82) is 0 Å². The number of amides is 2. The lowest BCUT2D eigenvalue weighted by atomic mass is 9.98. The van der Waals surface area contributed by atoms with Gasteiger partial charge in [0, 0.05) is 30.8 Å². The van der Waals surface area contributed by atoms with Crippen molar-refractivity contribution in [3.05, 3.63) is 92.3 Å². The molecule has 45 heavy (non-hydrogen) atoms. The van der Waals surface area contributed by atoms with E-state index < -0.39 is 59.8 Å². The molecule has 0 bridgehead atoms. The zero-order valence-electron chi connectivity index (χ0n) is 25.5. The summed E-state index contributed by atoms with van der Waals surface area (Å²) in [4.78, 5) is 78.0. The Hall–Kier alpha value is -5.20. The number of hydrogen-bond donors (Lipinski definition) is 3. The summed E-state index contributed by atoms with van der Waals surface area (Å²) in [6.07, 6.45) is -0.283. The number of fused-ring (bicyclic) bond motifs is 3. The molecular formula is C32H36N4O9. The summed E-state index contributed by atoms with van der Waals surface area (Å²) in [5.41, 5.74) is 1.96. The van der Waals surface area contributed by atoms with Crippen LogP contribution in [-0.4, -0.2) is 74.8 Å². The average molecular weight is 621 g/mol. The molecule has 3 aromatic rings. The van der Waals surface area contributed by atoms with Crippen LogP contribution >= 0.6 is 0 Å². The number of esters is 1. The van der Waals surface area contributed by atoms with Crippen molar-refractivity contribution in [3.63, 3.8) is 0 Å². The molecule has 1 aliphatic carbocycles. The van der Waals surface area contributed by atoms with Crippen LogP contribution in [-0.2, 0) is 30.4 Å². The normalized spacial score (nSPS) is 12.9.